The van der Waals surface area contributed by atoms with Crippen LogP contribution in [-0.4, -0.2) is 13.2 Å². The van der Waals surface area contributed by atoms with E-state index in [0.717, 1.165) is 6.61 Å². The lowest BCUT2D eigenvalue weighted by Crippen LogP contribution is -1.86. The van der Waals surface area contributed by atoms with Gasteiger partial charge in [-0.05, 0) is 11.9 Å². The zero-order valence-electron chi connectivity index (χ0n) is 4.36. The van der Waals surface area contributed by atoms with Crippen LogP contribution in [0.2, 0.25) is 0 Å². The zero-order chi connectivity index (χ0) is 5.54. The molecular formula is C5H9BrO. The third-order valence-corrected chi connectivity index (χ3v) is 0.881. The summed E-state index contributed by atoms with van der Waals surface area (Å²) in [5, 5.41) is 0. The average molecular weight is 165 g/mol. The van der Waals surface area contributed by atoms with Gasteiger partial charge in [0.25, 0.3) is 0 Å². The lowest BCUT2D eigenvalue weighted by molar-refractivity contribution is 0.177. The molecule has 0 aliphatic rings. The zero-order valence-corrected chi connectivity index (χ0v) is 5.94. The van der Waals surface area contributed by atoms with Gasteiger partial charge in [0.1, 0.15) is 0 Å². The second kappa shape index (κ2) is 6.18. The number of hydrogen-bond acceptors (Lipinski definition) is 1. The van der Waals surface area contributed by atoms with Gasteiger partial charge in [-0.3, -0.25) is 0 Å². The molecule has 0 rings (SSSR count). The van der Waals surface area contributed by atoms with Gasteiger partial charge in [-0.25, -0.2) is 0 Å². The minimum Gasteiger partial charge on any atom is -0.378 e. The van der Waals surface area contributed by atoms with Crippen LogP contribution in [0.15, 0.2) is 11.1 Å². The normalized spacial score (nSPS) is 10.6. The molecule has 0 spiro atoms. The third kappa shape index (κ3) is 6.18. The Bertz CT molecular complexity index is 52.0. The van der Waals surface area contributed by atoms with Crippen molar-refractivity contribution >= 4 is 15.9 Å². The lowest BCUT2D eigenvalue weighted by atomic mass is 10.7. The molecule has 1 nitrogen and oxygen atoms in total. The van der Waals surface area contributed by atoms with Gasteiger partial charge in [-0.1, -0.05) is 22.0 Å². The lowest BCUT2D eigenvalue weighted by Gasteiger charge is -1.89. The second-order valence-corrected chi connectivity index (χ2v) is 1.55. The average Bonchev–Trinajstić information content (AvgIpc) is 1.69. The van der Waals surface area contributed by atoms with Crippen molar-refractivity contribution in [3.8, 4) is 0 Å². The minimum absolute atomic E-state index is 0.710. The summed E-state index contributed by atoms with van der Waals surface area (Å²) in [7, 11) is 0. The summed E-state index contributed by atoms with van der Waals surface area (Å²) in [5.41, 5.74) is 0. The summed E-state index contributed by atoms with van der Waals surface area (Å²) in [6.45, 7) is 3.47. The Kier molecular flexibility index (Phi) is 6.34. The Hall–Kier alpha value is 0.180. The maximum absolute atomic E-state index is 4.96. The highest BCUT2D eigenvalue weighted by molar-refractivity contribution is 9.11. The predicted octanol–water partition coefficient (Wildman–Crippen LogP) is 1.93. The molecule has 0 aliphatic carbocycles. The van der Waals surface area contributed by atoms with Crippen LogP contribution >= 0.6 is 15.9 Å². The van der Waals surface area contributed by atoms with E-state index in [1.54, 1.807) is 4.99 Å². The molecule has 0 bridgehead atoms. The van der Waals surface area contributed by atoms with Gasteiger partial charge in [0.2, 0.25) is 0 Å². The Labute approximate surface area is 52.5 Å². The fourth-order valence-electron chi connectivity index (χ4n) is 0.222. The van der Waals surface area contributed by atoms with Crippen molar-refractivity contribution in [2.24, 2.45) is 0 Å². The molecule has 0 unspecified atom stereocenters. The molecule has 2 heteroatoms. The van der Waals surface area contributed by atoms with Crippen LogP contribution in [0.25, 0.3) is 0 Å². The minimum atomic E-state index is 0.710. The van der Waals surface area contributed by atoms with Gasteiger partial charge in [-0.2, -0.15) is 0 Å². The number of hydrogen-bond donors (Lipinski definition) is 0. The largest absolute Gasteiger partial charge is 0.378 e. The molecule has 7 heavy (non-hydrogen) atoms. The third-order valence-electron chi connectivity index (χ3n) is 0.507. The Morgan fingerprint density at radius 3 is 2.86 bits per heavy atom. The summed E-state index contributed by atoms with van der Waals surface area (Å²) in [5.74, 6) is 0. The highest BCUT2D eigenvalue weighted by atomic mass is 79.9. The summed E-state index contributed by atoms with van der Waals surface area (Å²) >= 11 is 3.12. The van der Waals surface area contributed by atoms with E-state index in [2.05, 4.69) is 15.9 Å². The molecule has 0 N–H and O–H groups in total. The maximum atomic E-state index is 4.96. The van der Waals surface area contributed by atoms with Crippen molar-refractivity contribution in [3.05, 3.63) is 11.1 Å². The number of halogens is 1. The monoisotopic (exact) mass is 164 g/mol. The van der Waals surface area contributed by atoms with Crippen LogP contribution in [0, 0.1) is 0 Å². The Morgan fingerprint density at radius 1 is 1.71 bits per heavy atom. The van der Waals surface area contributed by atoms with E-state index in [4.69, 9.17) is 4.74 Å². The summed E-state index contributed by atoms with van der Waals surface area (Å²) in [6, 6.07) is 0. The van der Waals surface area contributed by atoms with Gasteiger partial charge in [0, 0.05) is 6.61 Å². The first-order valence-corrected chi connectivity index (χ1v) is 3.16. The molecule has 0 fully saturated rings. The van der Waals surface area contributed by atoms with E-state index in [1.165, 1.54) is 0 Å². The van der Waals surface area contributed by atoms with Crippen molar-refractivity contribution in [2.75, 3.05) is 13.2 Å². The van der Waals surface area contributed by atoms with Crippen molar-refractivity contribution in [1.29, 1.82) is 0 Å². The fraction of sp³-hybridized carbons (Fsp3) is 0.600. The molecule has 0 amide bonds. The molecule has 0 heterocycles. The standard InChI is InChI=1S/C5H9BrO/c1-2-7-5-3-4-6/h3-4H,2,5H2,1H3/b4-3+. The van der Waals surface area contributed by atoms with E-state index in [9.17, 15) is 0 Å². The Morgan fingerprint density at radius 2 is 2.43 bits per heavy atom. The van der Waals surface area contributed by atoms with Crippen molar-refractivity contribution in [2.45, 2.75) is 6.92 Å². The molecule has 0 atom stereocenters. The van der Waals surface area contributed by atoms with Crippen LogP contribution in [0.1, 0.15) is 6.92 Å². The van der Waals surface area contributed by atoms with Crippen molar-refractivity contribution in [1.82, 2.24) is 0 Å². The molecule has 0 aliphatic heterocycles. The summed E-state index contributed by atoms with van der Waals surface area (Å²) in [6.07, 6.45) is 1.91. The van der Waals surface area contributed by atoms with Crippen LogP contribution in [0.3, 0.4) is 0 Å². The van der Waals surface area contributed by atoms with E-state index < -0.39 is 0 Å². The quantitative estimate of drug-likeness (QED) is 0.580. The smallest absolute Gasteiger partial charge is 0.0655 e. The molecule has 0 saturated heterocycles. The molecule has 0 aromatic rings. The summed E-state index contributed by atoms with van der Waals surface area (Å²) < 4.78 is 4.96. The predicted molar refractivity (Wildman–Crippen MR) is 34.6 cm³/mol. The highest BCUT2D eigenvalue weighted by Gasteiger charge is 1.70. The topological polar surface area (TPSA) is 9.23 Å². The summed E-state index contributed by atoms with van der Waals surface area (Å²) in [4.78, 5) is 1.79. The first-order chi connectivity index (χ1) is 3.41. The SMILES string of the molecule is CCOC/C=C/Br. The van der Waals surface area contributed by atoms with Gasteiger partial charge in [0.05, 0.1) is 6.61 Å². The number of ether oxygens (including phenoxy) is 1. The van der Waals surface area contributed by atoms with Crippen LogP contribution in [-0.2, 0) is 4.74 Å². The number of rotatable bonds is 3. The van der Waals surface area contributed by atoms with Crippen molar-refractivity contribution in [3.63, 3.8) is 0 Å². The first kappa shape index (κ1) is 7.18. The van der Waals surface area contributed by atoms with Crippen LogP contribution in [0.4, 0.5) is 0 Å². The second-order valence-electron chi connectivity index (χ2n) is 1.02. The van der Waals surface area contributed by atoms with Crippen LogP contribution < -0.4 is 0 Å². The van der Waals surface area contributed by atoms with E-state index in [1.807, 2.05) is 13.0 Å². The van der Waals surface area contributed by atoms with Gasteiger partial charge in [-0.15, -0.1) is 0 Å². The molecular weight excluding hydrogens is 156 g/mol. The first-order valence-electron chi connectivity index (χ1n) is 2.24. The van der Waals surface area contributed by atoms with E-state index in [-0.39, 0.29) is 0 Å². The highest BCUT2D eigenvalue weighted by Crippen LogP contribution is 1.82. The van der Waals surface area contributed by atoms with Gasteiger partial charge < -0.3 is 4.74 Å². The van der Waals surface area contributed by atoms with Crippen LogP contribution in [0.5, 0.6) is 0 Å². The molecule has 0 aromatic carbocycles. The molecule has 0 aromatic heterocycles. The van der Waals surface area contributed by atoms with E-state index >= 15 is 0 Å². The Balaban J connectivity index is 2.69. The molecule has 42 valence electrons. The maximum Gasteiger partial charge on any atom is 0.0655 e. The molecule has 0 saturated carbocycles. The van der Waals surface area contributed by atoms with Gasteiger partial charge >= 0.3 is 0 Å². The van der Waals surface area contributed by atoms with Crippen molar-refractivity contribution < 1.29 is 4.74 Å². The van der Waals surface area contributed by atoms with E-state index in [0.29, 0.717) is 6.61 Å². The fourth-order valence-corrected chi connectivity index (χ4v) is 0.375. The van der Waals surface area contributed by atoms with Gasteiger partial charge in [0.15, 0.2) is 0 Å². The molecule has 0 radical (unpaired) electrons.